The van der Waals surface area contributed by atoms with E-state index in [0.717, 1.165) is 27.8 Å². The Kier molecular flexibility index (Phi) is 5.90. The number of rotatable bonds is 4. The van der Waals surface area contributed by atoms with Crippen LogP contribution in [0, 0.1) is 5.41 Å². The molecule has 0 bridgehead atoms. The number of phenolic OH excluding ortho intramolecular Hbond substituents is 3. The van der Waals surface area contributed by atoms with Crippen molar-refractivity contribution in [2.24, 2.45) is 5.41 Å². The van der Waals surface area contributed by atoms with Crippen LogP contribution in [0.2, 0.25) is 0 Å². The summed E-state index contributed by atoms with van der Waals surface area (Å²) in [6, 6.07) is 32.4. The van der Waals surface area contributed by atoms with Crippen LogP contribution in [0.4, 0.5) is 17.1 Å². The molecule has 4 heteroatoms. The number of fused-ring (bicyclic) bond motifs is 2. The Morgan fingerprint density at radius 2 is 1.00 bits per heavy atom. The summed E-state index contributed by atoms with van der Waals surface area (Å²) in [4.78, 5) is 2.16. The molecule has 0 atom stereocenters. The van der Waals surface area contributed by atoms with Crippen molar-refractivity contribution in [3.05, 3.63) is 108 Å². The van der Waals surface area contributed by atoms with Crippen LogP contribution in [-0.4, -0.2) is 15.3 Å². The molecule has 1 aliphatic carbocycles. The van der Waals surface area contributed by atoms with Crippen LogP contribution in [0.25, 0.3) is 21.9 Å². The molecule has 0 radical (unpaired) electrons. The van der Waals surface area contributed by atoms with Crippen LogP contribution >= 0.6 is 0 Å². The van der Waals surface area contributed by atoms with Crippen molar-refractivity contribution in [3.8, 4) is 28.4 Å². The maximum atomic E-state index is 12.1. The minimum absolute atomic E-state index is 0.0206. The summed E-state index contributed by atoms with van der Waals surface area (Å²) in [5, 5.41) is 37.2. The molecule has 0 saturated heterocycles. The molecule has 5 aromatic rings. The van der Waals surface area contributed by atoms with Crippen molar-refractivity contribution < 1.29 is 15.3 Å². The summed E-state index contributed by atoms with van der Waals surface area (Å²) in [5.74, 6) is -0.433. The number of aromatic hydroxyl groups is 3. The highest BCUT2D eigenvalue weighted by Crippen LogP contribution is 2.68. The molecule has 0 heterocycles. The van der Waals surface area contributed by atoms with Crippen molar-refractivity contribution in [2.45, 2.75) is 52.4 Å². The number of hydrogen-bond donors (Lipinski definition) is 3. The highest BCUT2D eigenvalue weighted by Gasteiger charge is 2.60. The minimum atomic E-state index is -0.495. The van der Waals surface area contributed by atoms with E-state index in [1.807, 2.05) is 66.7 Å². The van der Waals surface area contributed by atoms with Crippen LogP contribution in [0.15, 0.2) is 97.1 Å². The molecule has 1 aliphatic rings. The van der Waals surface area contributed by atoms with Crippen molar-refractivity contribution in [1.82, 2.24) is 0 Å². The smallest absolute Gasteiger partial charge is 0.169 e. The number of hydrogen-bond acceptors (Lipinski definition) is 4. The summed E-state index contributed by atoms with van der Waals surface area (Å²) in [5.41, 5.74) is 3.75. The Labute approximate surface area is 242 Å². The molecular formula is C37H37NO3. The zero-order valence-electron chi connectivity index (χ0n) is 24.5. The van der Waals surface area contributed by atoms with E-state index >= 15 is 0 Å². The second kappa shape index (κ2) is 9.04. The molecule has 0 spiro atoms. The quantitative estimate of drug-likeness (QED) is 0.156. The van der Waals surface area contributed by atoms with Gasteiger partial charge in [0, 0.05) is 28.2 Å². The van der Waals surface area contributed by atoms with Crippen LogP contribution in [0.5, 0.6) is 17.2 Å². The predicted octanol–water partition coefficient (Wildman–Crippen LogP) is 9.69. The van der Waals surface area contributed by atoms with Crippen molar-refractivity contribution >= 4 is 27.8 Å². The number of para-hydroxylation sites is 2. The van der Waals surface area contributed by atoms with Crippen molar-refractivity contribution in [1.29, 1.82) is 0 Å². The second-order valence-electron chi connectivity index (χ2n) is 12.8. The third-order valence-electron chi connectivity index (χ3n) is 10.2. The van der Waals surface area contributed by atoms with Gasteiger partial charge in [-0.05, 0) is 69.0 Å². The van der Waals surface area contributed by atoms with E-state index in [1.54, 1.807) is 0 Å². The lowest BCUT2D eigenvalue weighted by Gasteiger charge is -2.44. The summed E-state index contributed by atoms with van der Waals surface area (Å²) >= 11 is 0. The van der Waals surface area contributed by atoms with E-state index in [4.69, 9.17) is 0 Å². The second-order valence-corrected chi connectivity index (χ2v) is 12.8. The van der Waals surface area contributed by atoms with Gasteiger partial charge in [-0.15, -0.1) is 0 Å². The van der Waals surface area contributed by atoms with Crippen LogP contribution in [-0.2, 0) is 10.8 Å². The van der Waals surface area contributed by atoms with Gasteiger partial charge in [0.05, 0.1) is 5.56 Å². The number of benzene rings is 5. The molecule has 6 rings (SSSR count). The lowest BCUT2D eigenvalue weighted by Crippen LogP contribution is -2.42. The molecular weight excluding hydrogens is 506 g/mol. The first-order chi connectivity index (χ1) is 19.4. The lowest BCUT2D eigenvalue weighted by atomic mass is 9.59. The van der Waals surface area contributed by atoms with E-state index in [9.17, 15) is 15.3 Å². The first-order valence-electron chi connectivity index (χ1n) is 14.1. The molecule has 0 saturated carbocycles. The Morgan fingerprint density at radius 1 is 0.512 bits per heavy atom. The zero-order chi connectivity index (χ0) is 29.3. The monoisotopic (exact) mass is 543 g/mol. The first kappa shape index (κ1) is 26.8. The van der Waals surface area contributed by atoms with Gasteiger partial charge in [-0.25, -0.2) is 0 Å². The fourth-order valence-electron chi connectivity index (χ4n) is 6.82. The molecule has 0 amide bonds. The molecule has 3 N–H and O–H groups in total. The highest BCUT2D eigenvalue weighted by molar-refractivity contribution is 6.04. The van der Waals surface area contributed by atoms with Gasteiger partial charge < -0.3 is 20.2 Å². The van der Waals surface area contributed by atoms with Gasteiger partial charge in [0.15, 0.2) is 11.5 Å². The third kappa shape index (κ3) is 3.66. The van der Waals surface area contributed by atoms with Gasteiger partial charge in [-0.2, -0.15) is 0 Å². The van der Waals surface area contributed by atoms with E-state index in [2.05, 4.69) is 76.8 Å². The van der Waals surface area contributed by atoms with Crippen LogP contribution in [0.3, 0.4) is 0 Å². The Morgan fingerprint density at radius 3 is 1.56 bits per heavy atom. The lowest BCUT2D eigenvalue weighted by molar-refractivity contribution is 0.122. The average molecular weight is 544 g/mol. The van der Waals surface area contributed by atoms with Crippen LogP contribution in [0.1, 0.15) is 52.7 Å². The molecule has 0 unspecified atom stereocenters. The summed E-state index contributed by atoms with van der Waals surface area (Å²) in [6.45, 7) is 12.7. The maximum Gasteiger partial charge on any atom is 0.169 e. The van der Waals surface area contributed by atoms with Crippen LogP contribution < -0.4 is 4.90 Å². The minimum Gasteiger partial charge on any atom is -0.507 e. The van der Waals surface area contributed by atoms with Gasteiger partial charge in [0.25, 0.3) is 0 Å². The van der Waals surface area contributed by atoms with Gasteiger partial charge in [-0.3, -0.25) is 0 Å². The summed E-state index contributed by atoms with van der Waals surface area (Å²) in [6.07, 6.45) is 0. The Balaban J connectivity index is 1.70. The molecule has 41 heavy (non-hydrogen) atoms. The standard InChI is InChI=1S/C37H37NO3/c1-35(2)30-31(36(3,4)37(35,5)6)34(41)33(40)29(32(30)39)28-22-26(21-23-15-13-14-20-27(23)28)38(24-16-9-7-10-17-24)25-18-11-8-12-19-25/h7-22,39-41H,1-6H3. The Bertz CT molecular complexity index is 1750. The maximum absolute atomic E-state index is 12.1. The molecule has 0 aromatic heterocycles. The number of anilines is 3. The number of phenols is 3. The summed E-state index contributed by atoms with van der Waals surface area (Å²) < 4.78 is 0. The fourth-order valence-corrected chi connectivity index (χ4v) is 6.82. The summed E-state index contributed by atoms with van der Waals surface area (Å²) in [7, 11) is 0. The highest BCUT2D eigenvalue weighted by atomic mass is 16.3. The van der Waals surface area contributed by atoms with Gasteiger partial charge in [0.1, 0.15) is 5.75 Å². The van der Waals surface area contributed by atoms with Crippen molar-refractivity contribution in [2.75, 3.05) is 4.90 Å². The average Bonchev–Trinajstić information content (AvgIpc) is 3.06. The Hall–Kier alpha value is -4.44. The van der Waals surface area contributed by atoms with E-state index in [1.165, 1.54) is 0 Å². The molecule has 4 nitrogen and oxygen atoms in total. The SMILES string of the molecule is CC1(C)c2c(O)c(O)c(-c3cc(N(c4ccccc4)c4ccccc4)cc4ccccc34)c(O)c2C(C)(C)C1(C)C. The first-order valence-corrected chi connectivity index (χ1v) is 14.1. The van der Waals surface area contributed by atoms with E-state index < -0.39 is 10.8 Å². The molecule has 208 valence electrons. The zero-order valence-corrected chi connectivity index (χ0v) is 24.5. The molecule has 0 aliphatic heterocycles. The largest absolute Gasteiger partial charge is 0.507 e. The van der Waals surface area contributed by atoms with Gasteiger partial charge in [0.2, 0.25) is 0 Å². The van der Waals surface area contributed by atoms with Gasteiger partial charge in [-0.1, -0.05) is 102 Å². The normalized spacial score (nSPS) is 16.4. The third-order valence-corrected chi connectivity index (χ3v) is 10.2. The molecule has 5 aromatic carbocycles. The van der Waals surface area contributed by atoms with Crippen molar-refractivity contribution in [3.63, 3.8) is 0 Å². The van der Waals surface area contributed by atoms with E-state index in [-0.39, 0.29) is 28.2 Å². The predicted molar refractivity (Wildman–Crippen MR) is 169 cm³/mol. The number of nitrogens with zero attached hydrogens (tertiary/aromatic N) is 1. The fraction of sp³-hybridized carbons (Fsp3) is 0.243. The van der Waals surface area contributed by atoms with Gasteiger partial charge >= 0.3 is 0 Å². The van der Waals surface area contributed by atoms with E-state index in [0.29, 0.717) is 16.7 Å². The topological polar surface area (TPSA) is 63.9 Å². The molecule has 0 fully saturated rings.